The van der Waals surface area contributed by atoms with Gasteiger partial charge in [-0.2, -0.15) is 0 Å². The number of halogens is 1. The summed E-state index contributed by atoms with van der Waals surface area (Å²) in [4.78, 5) is 14.5. The lowest BCUT2D eigenvalue weighted by Gasteiger charge is -2.13. The molecule has 150 valence electrons. The van der Waals surface area contributed by atoms with Gasteiger partial charge in [0.25, 0.3) is 0 Å². The number of imidazole rings is 1. The predicted molar refractivity (Wildman–Crippen MR) is 126 cm³/mol. The van der Waals surface area contributed by atoms with Gasteiger partial charge >= 0.3 is 0 Å². The van der Waals surface area contributed by atoms with E-state index in [0.717, 1.165) is 42.0 Å². The van der Waals surface area contributed by atoms with Gasteiger partial charge in [0.15, 0.2) is 5.96 Å². The molecular weight excluding hydrogens is 483 g/mol. The molecular formula is C20H27IN6S. The Morgan fingerprint density at radius 2 is 1.89 bits per heavy atom. The molecule has 0 aliphatic rings. The molecule has 0 saturated heterocycles. The molecule has 0 unspecified atom stereocenters. The van der Waals surface area contributed by atoms with Gasteiger partial charge < -0.3 is 15.2 Å². The monoisotopic (exact) mass is 510 g/mol. The molecule has 0 spiro atoms. The van der Waals surface area contributed by atoms with Crippen LogP contribution in [0, 0.1) is 13.8 Å². The predicted octanol–water partition coefficient (Wildman–Crippen LogP) is 3.68. The van der Waals surface area contributed by atoms with Crippen molar-refractivity contribution in [3.05, 3.63) is 69.7 Å². The number of thiazole rings is 1. The van der Waals surface area contributed by atoms with Crippen molar-refractivity contribution in [2.75, 3.05) is 7.05 Å². The van der Waals surface area contributed by atoms with Crippen molar-refractivity contribution in [2.45, 2.75) is 39.9 Å². The molecule has 0 fully saturated rings. The zero-order valence-corrected chi connectivity index (χ0v) is 19.6. The highest BCUT2D eigenvalue weighted by atomic mass is 127. The first-order chi connectivity index (χ1) is 13.2. The van der Waals surface area contributed by atoms with Gasteiger partial charge in [0, 0.05) is 30.9 Å². The average Bonchev–Trinajstić information content (AvgIpc) is 3.26. The highest BCUT2D eigenvalue weighted by Gasteiger charge is 2.07. The Kier molecular flexibility index (Phi) is 8.91. The highest BCUT2D eigenvalue weighted by Crippen LogP contribution is 2.16. The molecule has 3 aromatic rings. The maximum atomic E-state index is 4.48. The second kappa shape index (κ2) is 11.2. The third-order valence-electron chi connectivity index (χ3n) is 4.34. The number of aliphatic imine (C=N–C) groups is 1. The number of hydrogen-bond acceptors (Lipinski definition) is 4. The number of nitrogens with one attached hydrogen (secondary N) is 2. The Hall–Kier alpha value is -1.94. The summed E-state index contributed by atoms with van der Waals surface area (Å²) in [6.45, 7) is 6.33. The van der Waals surface area contributed by atoms with Crippen LogP contribution in [0.3, 0.4) is 0 Å². The second-order valence-corrected chi connectivity index (χ2v) is 7.58. The number of hydrogen-bond donors (Lipinski definition) is 2. The fourth-order valence-electron chi connectivity index (χ4n) is 2.89. The van der Waals surface area contributed by atoms with Crippen molar-refractivity contribution in [3.63, 3.8) is 0 Å². The van der Waals surface area contributed by atoms with Crippen molar-refractivity contribution in [2.24, 2.45) is 4.99 Å². The van der Waals surface area contributed by atoms with E-state index in [9.17, 15) is 0 Å². The molecule has 0 amide bonds. The first-order valence-electron chi connectivity index (χ1n) is 9.07. The molecule has 0 radical (unpaired) electrons. The van der Waals surface area contributed by atoms with Crippen LogP contribution >= 0.6 is 35.3 Å². The molecule has 0 atom stereocenters. The summed E-state index contributed by atoms with van der Waals surface area (Å²) < 4.78 is 2.18. The minimum absolute atomic E-state index is 0. The van der Waals surface area contributed by atoms with Crippen LogP contribution < -0.4 is 10.6 Å². The van der Waals surface area contributed by atoms with Gasteiger partial charge in [-0.05, 0) is 25.8 Å². The number of aryl methyl sites for hydroxylation is 4. The van der Waals surface area contributed by atoms with Crippen LogP contribution in [0.5, 0.6) is 0 Å². The Balaban J connectivity index is 0.00000280. The summed E-state index contributed by atoms with van der Waals surface area (Å²) in [7, 11) is 1.78. The zero-order chi connectivity index (χ0) is 19.1. The molecule has 0 aliphatic carbocycles. The number of rotatable bonds is 7. The maximum absolute atomic E-state index is 4.48. The minimum atomic E-state index is 0. The molecule has 3 rings (SSSR count). The Bertz CT molecular complexity index is 887. The summed E-state index contributed by atoms with van der Waals surface area (Å²) >= 11 is 1.72. The van der Waals surface area contributed by atoms with Crippen molar-refractivity contribution in [3.8, 4) is 0 Å². The van der Waals surface area contributed by atoms with E-state index in [1.54, 1.807) is 18.4 Å². The standard InChI is InChI=1S/C20H26N6S.HI/c1-15-18(27-16(2)25-15)13-23-20(21-3)24-14-19-22-10-12-26(19)11-9-17-7-5-4-6-8-17;/h4-8,10,12H,9,11,13-14H2,1-3H3,(H2,21,23,24);1H. The van der Waals surface area contributed by atoms with E-state index in [-0.39, 0.29) is 24.0 Å². The van der Waals surface area contributed by atoms with Crippen molar-refractivity contribution in [1.29, 1.82) is 0 Å². The first-order valence-corrected chi connectivity index (χ1v) is 9.88. The molecule has 0 bridgehead atoms. The van der Waals surface area contributed by atoms with Crippen molar-refractivity contribution >= 4 is 41.3 Å². The summed E-state index contributed by atoms with van der Waals surface area (Å²) in [5.74, 6) is 1.76. The average molecular weight is 510 g/mol. The molecule has 0 saturated carbocycles. The van der Waals surface area contributed by atoms with Crippen molar-refractivity contribution in [1.82, 2.24) is 25.2 Å². The summed E-state index contributed by atoms with van der Waals surface area (Å²) in [5.41, 5.74) is 2.41. The third-order valence-corrected chi connectivity index (χ3v) is 5.41. The van der Waals surface area contributed by atoms with E-state index < -0.39 is 0 Å². The molecule has 8 heteroatoms. The van der Waals surface area contributed by atoms with Gasteiger partial charge in [-0.15, -0.1) is 35.3 Å². The van der Waals surface area contributed by atoms with Gasteiger partial charge in [-0.1, -0.05) is 30.3 Å². The van der Waals surface area contributed by atoms with Gasteiger partial charge in [0.2, 0.25) is 0 Å². The van der Waals surface area contributed by atoms with Crippen LogP contribution in [0.25, 0.3) is 0 Å². The van der Waals surface area contributed by atoms with Crippen molar-refractivity contribution < 1.29 is 0 Å². The lowest BCUT2D eigenvalue weighted by Crippen LogP contribution is -2.37. The van der Waals surface area contributed by atoms with Crippen LogP contribution in [-0.2, 0) is 26.1 Å². The highest BCUT2D eigenvalue weighted by molar-refractivity contribution is 14.0. The van der Waals surface area contributed by atoms with Crippen LogP contribution in [0.4, 0.5) is 0 Å². The van der Waals surface area contributed by atoms with E-state index in [0.29, 0.717) is 6.54 Å². The normalized spacial score (nSPS) is 11.2. The zero-order valence-electron chi connectivity index (χ0n) is 16.5. The van der Waals surface area contributed by atoms with E-state index in [1.807, 2.05) is 32.3 Å². The SMILES string of the molecule is CN=C(NCc1sc(C)nc1C)NCc1nccn1CCc1ccccc1.I. The smallest absolute Gasteiger partial charge is 0.191 e. The van der Waals surface area contributed by atoms with Gasteiger partial charge in [0.1, 0.15) is 5.82 Å². The molecule has 0 aliphatic heterocycles. The number of guanidine groups is 1. The summed E-state index contributed by atoms with van der Waals surface area (Å²) in [5, 5.41) is 7.79. The van der Waals surface area contributed by atoms with E-state index in [2.05, 4.69) is 54.4 Å². The van der Waals surface area contributed by atoms with Crippen LogP contribution in [-0.4, -0.2) is 27.5 Å². The Morgan fingerprint density at radius 1 is 1.14 bits per heavy atom. The Morgan fingerprint density at radius 3 is 2.57 bits per heavy atom. The van der Waals surface area contributed by atoms with E-state index in [4.69, 9.17) is 0 Å². The Labute approximate surface area is 187 Å². The molecule has 28 heavy (non-hydrogen) atoms. The molecule has 2 heterocycles. The summed E-state index contributed by atoms with van der Waals surface area (Å²) in [6, 6.07) is 10.5. The van der Waals surface area contributed by atoms with Crippen LogP contribution in [0.15, 0.2) is 47.7 Å². The molecule has 2 N–H and O–H groups in total. The first kappa shape index (κ1) is 22.4. The third kappa shape index (κ3) is 6.30. The number of aromatic nitrogens is 3. The van der Waals surface area contributed by atoms with E-state index >= 15 is 0 Å². The van der Waals surface area contributed by atoms with Gasteiger partial charge in [0.05, 0.1) is 23.8 Å². The fourth-order valence-corrected chi connectivity index (χ4v) is 3.77. The maximum Gasteiger partial charge on any atom is 0.191 e. The molecule has 2 aromatic heterocycles. The second-order valence-electron chi connectivity index (χ2n) is 6.29. The van der Waals surface area contributed by atoms with Gasteiger partial charge in [-0.25, -0.2) is 9.97 Å². The quantitative estimate of drug-likeness (QED) is 0.289. The van der Waals surface area contributed by atoms with Crippen LogP contribution in [0.2, 0.25) is 0 Å². The number of benzene rings is 1. The largest absolute Gasteiger partial charge is 0.351 e. The fraction of sp³-hybridized carbons (Fsp3) is 0.350. The lowest BCUT2D eigenvalue weighted by atomic mass is 10.1. The van der Waals surface area contributed by atoms with E-state index in [1.165, 1.54) is 10.4 Å². The topological polar surface area (TPSA) is 67.1 Å². The van der Waals surface area contributed by atoms with Crippen LogP contribution in [0.1, 0.15) is 27.0 Å². The van der Waals surface area contributed by atoms with Gasteiger partial charge in [-0.3, -0.25) is 4.99 Å². The summed E-state index contributed by atoms with van der Waals surface area (Å²) in [6.07, 6.45) is 4.86. The molecule has 1 aromatic carbocycles. The minimum Gasteiger partial charge on any atom is -0.351 e. The lowest BCUT2D eigenvalue weighted by molar-refractivity contribution is 0.634. The molecule has 6 nitrogen and oxygen atoms in total. The number of nitrogens with zero attached hydrogens (tertiary/aromatic N) is 4.